The number of benzene rings is 3. The smallest absolute Gasteiger partial charge is 0.264 e. The first-order chi connectivity index (χ1) is 19.2. The Morgan fingerprint density at radius 2 is 1.44 bits per heavy atom. The maximum Gasteiger partial charge on any atom is 0.264 e. The van der Waals surface area contributed by atoms with Gasteiger partial charge in [-0.15, -0.1) is 0 Å². The van der Waals surface area contributed by atoms with Crippen molar-refractivity contribution in [3.05, 3.63) is 93.0 Å². The lowest BCUT2D eigenvalue weighted by Gasteiger charge is -2.34. The van der Waals surface area contributed by atoms with Crippen LogP contribution in [0.2, 0.25) is 10.0 Å². The Bertz CT molecular complexity index is 1470. The number of sulfonamides is 1. The van der Waals surface area contributed by atoms with Crippen molar-refractivity contribution in [2.24, 2.45) is 0 Å². The van der Waals surface area contributed by atoms with Gasteiger partial charge in [-0.05, 0) is 88.6 Å². The number of amides is 2. The van der Waals surface area contributed by atoms with Crippen LogP contribution in [-0.4, -0.2) is 43.8 Å². The molecule has 0 saturated carbocycles. The summed E-state index contributed by atoms with van der Waals surface area (Å²) in [5.74, 6) is -0.917. The van der Waals surface area contributed by atoms with Crippen molar-refractivity contribution in [3.8, 4) is 0 Å². The van der Waals surface area contributed by atoms with Crippen LogP contribution in [0.25, 0.3) is 0 Å². The van der Waals surface area contributed by atoms with E-state index in [1.165, 1.54) is 17.0 Å². The molecule has 3 rings (SSSR count). The van der Waals surface area contributed by atoms with Crippen LogP contribution in [-0.2, 0) is 26.2 Å². The Morgan fingerprint density at radius 3 is 1.95 bits per heavy atom. The molecular formula is C31H37Cl2N3O4S. The van der Waals surface area contributed by atoms with E-state index in [9.17, 15) is 18.0 Å². The van der Waals surface area contributed by atoms with Crippen LogP contribution >= 0.6 is 23.2 Å². The molecule has 0 aliphatic heterocycles. The molecule has 1 atom stereocenters. The molecule has 10 heteroatoms. The number of carbonyl (C=O) groups excluding carboxylic acids is 2. The molecule has 1 unspecified atom stereocenters. The molecular weight excluding hydrogens is 581 g/mol. The fraction of sp³-hybridized carbons (Fsp3) is 0.355. The quantitative estimate of drug-likeness (QED) is 0.268. The summed E-state index contributed by atoms with van der Waals surface area (Å²) in [7, 11) is -4.16. The maximum absolute atomic E-state index is 14.2. The summed E-state index contributed by atoms with van der Waals surface area (Å²) in [4.78, 5) is 28.9. The molecule has 7 nitrogen and oxygen atoms in total. The SMILES string of the molecule is CCC(C(=O)NC(C)C)N(Cc1c(Cl)cccc1Cl)C(=O)CN(c1cc(C)cc(C)c1)S(=O)(=O)c1ccc(C)cc1. The van der Waals surface area contributed by atoms with E-state index in [1.807, 2.05) is 40.7 Å². The van der Waals surface area contributed by atoms with E-state index in [-0.39, 0.29) is 23.4 Å². The number of carbonyl (C=O) groups is 2. The Balaban J connectivity index is 2.14. The number of nitrogens with zero attached hydrogens (tertiary/aromatic N) is 2. The highest BCUT2D eigenvalue weighted by Crippen LogP contribution is 2.29. The minimum atomic E-state index is -4.16. The second kappa shape index (κ2) is 13.7. The number of hydrogen-bond donors (Lipinski definition) is 1. The van der Waals surface area contributed by atoms with Gasteiger partial charge in [0.15, 0.2) is 0 Å². The summed E-state index contributed by atoms with van der Waals surface area (Å²) in [5, 5.41) is 3.56. The largest absolute Gasteiger partial charge is 0.352 e. The number of hydrogen-bond acceptors (Lipinski definition) is 4. The third-order valence-corrected chi connectivity index (χ3v) is 9.09. The number of anilines is 1. The van der Waals surface area contributed by atoms with Crippen LogP contribution < -0.4 is 9.62 Å². The molecule has 3 aromatic carbocycles. The van der Waals surface area contributed by atoms with Crippen LogP contribution in [0.3, 0.4) is 0 Å². The van der Waals surface area contributed by atoms with E-state index in [0.717, 1.165) is 21.0 Å². The third-order valence-electron chi connectivity index (χ3n) is 6.59. The minimum Gasteiger partial charge on any atom is -0.352 e. The van der Waals surface area contributed by atoms with Crippen LogP contribution in [0, 0.1) is 20.8 Å². The molecule has 41 heavy (non-hydrogen) atoms. The first-order valence-electron chi connectivity index (χ1n) is 13.4. The van der Waals surface area contributed by atoms with Gasteiger partial charge in [0.05, 0.1) is 10.6 Å². The first kappa shape index (κ1) is 32.4. The van der Waals surface area contributed by atoms with Crippen molar-refractivity contribution < 1.29 is 18.0 Å². The number of aryl methyl sites for hydroxylation is 3. The lowest BCUT2D eigenvalue weighted by molar-refractivity contribution is -0.140. The van der Waals surface area contributed by atoms with Gasteiger partial charge in [-0.25, -0.2) is 8.42 Å². The normalized spacial score (nSPS) is 12.2. The molecule has 0 aromatic heterocycles. The molecule has 2 amide bonds. The zero-order valence-corrected chi connectivity index (χ0v) is 26.6. The van der Waals surface area contributed by atoms with Gasteiger partial charge in [0, 0.05) is 28.2 Å². The number of nitrogens with one attached hydrogen (secondary N) is 1. The van der Waals surface area contributed by atoms with Crippen LogP contribution in [0.1, 0.15) is 49.4 Å². The maximum atomic E-state index is 14.2. The molecule has 0 spiro atoms. The highest BCUT2D eigenvalue weighted by atomic mass is 35.5. The fourth-order valence-electron chi connectivity index (χ4n) is 4.61. The fourth-order valence-corrected chi connectivity index (χ4v) is 6.53. The van der Waals surface area contributed by atoms with E-state index in [0.29, 0.717) is 27.7 Å². The molecule has 0 saturated heterocycles. The van der Waals surface area contributed by atoms with Crippen molar-refractivity contribution in [3.63, 3.8) is 0 Å². The summed E-state index contributed by atoms with van der Waals surface area (Å²) in [6.07, 6.45) is 0.292. The van der Waals surface area contributed by atoms with Gasteiger partial charge in [0.2, 0.25) is 11.8 Å². The zero-order valence-electron chi connectivity index (χ0n) is 24.2. The van der Waals surface area contributed by atoms with Gasteiger partial charge in [0.1, 0.15) is 12.6 Å². The molecule has 0 radical (unpaired) electrons. The first-order valence-corrected chi connectivity index (χ1v) is 15.6. The Hall–Kier alpha value is -3.07. The van der Waals surface area contributed by atoms with Gasteiger partial charge in [-0.1, -0.05) is 60.0 Å². The van der Waals surface area contributed by atoms with Gasteiger partial charge >= 0.3 is 0 Å². The van der Waals surface area contributed by atoms with Crippen LogP contribution in [0.4, 0.5) is 5.69 Å². The predicted molar refractivity (Wildman–Crippen MR) is 166 cm³/mol. The Kier molecular flexibility index (Phi) is 10.9. The van der Waals surface area contributed by atoms with E-state index >= 15 is 0 Å². The highest BCUT2D eigenvalue weighted by molar-refractivity contribution is 7.92. The lowest BCUT2D eigenvalue weighted by atomic mass is 10.1. The van der Waals surface area contributed by atoms with Gasteiger partial charge in [-0.3, -0.25) is 13.9 Å². The number of halogens is 2. The second-order valence-corrected chi connectivity index (χ2v) is 13.2. The van der Waals surface area contributed by atoms with E-state index in [1.54, 1.807) is 49.4 Å². The summed E-state index contributed by atoms with van der Waals surface area (Å²) in [6.45, 7) is 10.4. The topological polar surface area (TPSA) is 86.8 Å². The Morgan fingerprint density at radius 1 is 0.878 bits per heavy atom. The van der Waals surface area contributed by atoms with E-state index in [2.05, 4.69) is 5.32 Å². The molecule has 0 bridgehead atoms. The van der Waals surface area contributed by atoms with Gasteiger partial charge in [0.25, 0.3) is 10.0 Å². The average molecular weight is 619 g/mol. The minimum absolute atomic E-state index is 0.0559. The van der Waals surface area contributed by atoms with E-state index in [4.69, 9.17) is 23.2 Å². The van der Waals surface area contributed by atoms with Gasteiger partial charge < -0.3 is 10.2 Å². The van der Waals surface area contributed by atoms with E-state index < -0.39 is 28.5 Å². The summed E-state index contributed by atoms with van der Waals surface area (Å²) < 4.78 is 29.2. The molecule has 0 fully saturated rings. The van der Waals surface area contributed by atoms with Crippen LogP contribution in [0.5, 0.6) is 0 Å². The molecule has 220 valence electrons. The lowest BCUT2D eigenvalue weighted by Crippen LogP contribution is -2.53. The van der Waals surface area contributed by atoms with Crippen molar-refractivity contribution in [2.75, 3.05) is 10.8 Å². The van der Waals surface area contributed by atoms with Crippen molar-refractivity contribution >= 4 is 50.7 Å². The van der Waals surface area contributed by atoms with Crippen molar-refractivity contribution in [2.45, 2.75) is 71.5 Å². The van der Waals surface area contributed by atoms with Gasteiger partial charge in [-0.2, -0.15) is 0 Å². The molecule has 0 aliphatic rings. The molecule has 1 N–H and O–H groups in total. The van der Waals surface area contributed by atoms with Crippen molar-refractivity contribution in [1.29, 1.82) is 0 Å². The predicted octanol–water partition coefficient (Wildman–Crippen LogP) is 6.45. The average Bonchev–Trinajstić information content (AvgIpc) is 2.87. The third kappa shape index (κ3) is 8.03. The zero-order chi connectivity index (χ0) is 30.5. The second-order valence-electron chi connectivity index (χ2n) is 10.5. The summed E-state index contributed by atoms with van der Waals surface area (Å²) in [6, 6.07) is 15.8. The molecule has 0 aliphatic carbocycles. The highest BCUT2D eigenvalue weighted by Gasteiger charge is 2.34. The Labute approximate surface area is 253 Å². The van der Waals surface area contributed by atoms with Crippen LogP contribution in [0.15, 0.2) is 65.6 Å². The standard InChI is InChI=1S/C31H37Cl2N3O4S/c1-7-29(31(38)34-20(2)3)35(18-26-27(32)9-8-10-28(26)33)30(37)19-36(24-16-22(5)15-23(6)17-24)41(39,40)25-13-11-21(4)12-14-25/h8-17,20,29H,7,18-19H2,1-6H3,(H,34,38). The molecule has 0 heterocycles. The summed E-state index contributed by atoms with van der Waals surface area (Å²) in [5.41, 5.74) is 3.42. The molecule has 3 aromatic rings. The number of rotatable bonds is 11. The monoisotopic (exact) mass is 617 g/mol. The van der Waals surface area contributed by atoms with Crippen molar-refractivity contribution in [1.82, 2.24) is 10.2 Å². The summed E-state index contributed by atoms with van der Waals surface area (Å²) >= 11 is 12.9.